The summed E-state index contributed by atoms with van der Waals surface area (Å²) in [4.78, 5) is 4.45. The van der Waals surface area contributed by atoms with Gasteiger partial charge in [-0.2, -0.15) is 10.2 Å². The molecule has 1 aliphatic rings. The van der Waals surface area contributed by atoms with Gasteiger partial charge in [-0.25, -0.2) is 9.37 Å². The second-order valence-electron chi connectivity index (χ2n) is 5.80. The van der Waals surface area contributed by atoms with Crippen LogP contribution in [-0.4, -0.2) is 24.7 Å². The molecule has 2 nitrogen and oxygen atoms in total. The summed E-state index contributed by atoms with van der Waals surface area (Å²) in [6.07, 6.45) is 4.90. The van der Waals surface area contributed by atoms with Gasteiger partial charge in [-0.1, -0.05) is 27.7 Å². The standard InChI is InChI=1S/C15H21FN2S/c1-10(2)19(11(3)9-12(19)4)18-8-6-13-14(16)5-7-17-15(13)18/h5-8,10-12H,9H2,1-4H3. The summed E-state index contributed by atoms with van der Waals surface area (Å²) in [6, 6.07) is 3.32. The predicted octanol–water partition coefficient (Wildman–Crippen LogP) is 4.33. The topological polar surface area (TPSA) is 17.8 Å². The van der Waals surface area contributed by atoms with Crippen molar-refractivity contribution >= 4 is 21.2 Å². The first-order chi connectivity index (χ1) is 8.99. The lowest BCUT2D eigenvalue weighted by Crippen LogP contribution is -2.46. The van der Waals surface area contributed by atoms with Crippen molar-refractivity contribution in [3.8, 4) is 0 Å². The van der Waals surface area contributed by atoms with Crippen LogP contribution in [0.25, 0.3) is 11.0 Å². The second-order valence-corrected chi connectivity index (χ2v) is 10.2. The predicted molar refractivity (Wildman–Crippen MR) is 81.4 cm³/mol. The van der Waals surface area contributed by atoms with Gasteiger partial charge in [0.2, 0.25) is 0 Å². The number of pyridine rings is 1. The summed E-state index contributed by atoms with van der Waals surface area (Å²) in [5.41, 5.74) is 0.821. The number of nitrogens with zero attached hydrogens (tertiary/aromatic N) is 2. The van der Waals surface area contributed by atoms with Crippen LogP contribution in [-0.2, 0) is 0 Å². The maximum Gasteiger partial charge on any atom is 0.151 e. The van der Waals surface area contributed by atoms with E-state index in [1.807, 2.05) is 6.07 Å². The normalized spacial score (nSPS) is 34.2. The van der Waals surface area contributed by atoms with E-state index in [1.165, 1.54) is 12.5 Å². The molecule has 0 aromatic carbocycles. The number of hydrogen-bond donors (Lipinski definition) is 0. The molecule has 1 aliphatic heterocycles. The van der Waals surface area contributed by atoms with E-state index < -0.39 is 10.2 Å². The highest BCUT2D eigenvalue weighted by Gasteiger charge is 2.49. The molecule has 4 heteroatoms. The van der Waals surface area contributed by atoms with Crippen LogP contribution in [0.3, 0.4) is 0 Å². The summed E-state index contributed by atoms with van der Waals surface area (Å²) in [7, 11) is -0.962. The molecular weight excluding hydrogens is 259 g/mol. The average molecular weight is 280 g/mol. The van der Waals surface area contributed by atoms with Crippen LogP contribution < -0.4 is 0 Å². The summed E-state index contributed by atoms with van der Waals surface area (Å²) >= 11 is 0. The Bertz CT molecular complexity index is 602. The van der Waals surface area contributed by atoms with Gasteiger partial charge in [0.25, 0.3) is 0 Å². The van der Waals surface area contributed by atoms with Crippen LogP contribution in [0.5, 0.6) is 0 Å². The van der Waals surface area contributed by atoms with E-state index in [-0.39, 0.29) is 5.82 Å². The molecule has 0 N–H and O–H groups in total. The maximum atomic E-state index is 13.9. The highest BCUT2D eigenvalue weighted by molar-refractivity contribution is 8.35. The monoisotopic (exact) mass is 280 g/mol. The molecular formula is C15H21FN2S. The van der Waals surface area contributed by atoms with Gasteiger partial charge in [-0.05, 0) is 18.6 Å². The van der Waals surface area contributed by atoms with Crippen molar-refractivity contribution in [1.29, 1.82) is 0 Å². The van der Waals surface area contributed by atoms with Crippen LogP contribution >= 0.6 is 10.2 Å². The minimum Gasteiger partial charge on any atom is -0.293 e. The smallest absolute Gasteiger partial charge is 0.151 e. The molecule has 2 unspecified atom stereocenters. The maximum absolute atomic E-state index is 13.9. The fourth-order valence-corrected chi connectivity index (χ4v) is 9.27. The van der Waals surface area contributed by atoms with E-state index in [0.717, 1.165) is 5.65 Å². The van der Waals surface area contributed by atoms with Crippen LogP contribution in [0, 0.1) is 5.82 Å². The van der Waals surface area contributed by atoms with E-state index in [0.29, 0.717) is 21.1 Å². The SMILES string of the molecule is CC(C)S1(n2ccc3c(F)ccnc32)C(C)CC1C. The van der Waals surface area contributed by atoms with Gasteiger partial charge in [0.05, 0.1) is 5.39 Å². The van der Waals surface area contributed by atoms with E-state index in [4.69, 9.17) is 0 Å². The zero-order chi connectivity index (χ0) is 13.8. The third-order valence-electron chi connectivity index (χ3n) is 4.55. The molecule has 0 aliphatic carbocycles. The number of fused-ring (bicyclic) bond motifs is 1. The van der Waals surface area contributed by atoms with Crippen molar-refractivity contribution < 1.29 is 4.39 Å². The molecule has 3 heterocycles. The first kappa shape index (κ1) is 13.0. The van der Waals surface area contributed by atoms with Crippen LogP contribution in [0.15, 0.2) is 24.5 Å². The summed E-state index contributed by atoms with van der Waals surface area (Å²) < 4.78 is 16.2. The Balaban J connectivity index is 2.25. The summed E-state index contributed by atoms with van der Waals surface area (Å²) in [5.74, 6) is -0.165. The van der Waals surface area contributed by atoms with Gasteiger partial charge < -0.3 is 0 Å². The molecule has 2 aromatic rings. The largest absolute Gasteiger partial charge is 0.293 e. The zero-order valence-corrected chi connectivity index (χ0v) is 12.7. The summed E-state index contributed by atoms with van der Waals surface area (Å²) in [5, 5.41) is 2.61. The Hall–Kier alpha value is -1.03. The Kier molecular flexibility index (Phi) is 2.89. The van der Waals surface area contributed by atoms with E-state index in [1.54, 1.807) is 6.20 Å². The van der Waals surface area contributed by atoms with Crippen LogP contribution in [0.4, 0.5) is 4.39 Å². The van der Waals surface area contributed by atoms with Crippen LogP contribution in [0.1, 0.15) is 34.1 Å². The fraction of sp³-hybridized carbons (Fsp3) is 0.533. The minimum absolute atomic E-state index is 0.165. The Morgan fingerprint density at radius 2 is 2.00 bits per heavy atom. The Labute approximate surface area is 115 Å². The number of aromatic nitrogens is 2. The molecule has 3 rings (SSSR count). The first-order valence-corrected chi connectivity index (χ1v) is 8.69. The molecule has 0 spiro atoms. The lowest BCUT2D eigenvalue weighted by Gasteiger charge is -2.62. The molecule has 2 atom stereocenters. The lowest BCUT2D eigenvalue weighted by molar-refractivity contribution is 0.638. The van der Waals surface area contributed by atoms with Crippen molar-refractivity contribution in [2.75, 3.05) is 0 Å². The molecule has 1 saturated heterocycles. The molecule has 0 bridgehead atoms. The summed E-state index contributed by atoms with van der Waals surface area (Å²) in [6.45, 7) is 9.26. The van der Waals surface area contributed by atoms with Crippen LogP contribution in [0.2, 0.25) is 0 Å². The van der Waals surface area contributed by atoms with Gasteiger partial charge in [0, 0.05) is 28.1 Å². The Morgan fingerprint density at radius 1 is 1.32 bits per heavy atom. The molecule has 0 amide bonds. The third kappa shape index (κ3) is 1.52. The van der Waals surface area contributed by atoms with Crippen molar-refractivity contribution in [3.05, 3.63) is 30.3 Å². The lowest BCUT2D eigenvalue weighted by atomic mass is 10.2. The van der Waals surface area contributed by atoms with Crippen molar-refractivity contribution in [3.63, 3.8) is 0 Å². The molecule has 2 aromatic heterocycles. The van der Waals surface area contributed by atoms with Gasteiger partial charge in [0.15, 0.2) is 5.65 Å². The van der Waals surface area contributed by atoms with Gasteiger partial charge in [0.1, 0.15) is 5.82 Å². The fourth-order valence-electron chi connectivity index (χ4n) is 3.83. The minimum atomic E-state index is -0.962. The number of rotatable bonds is 2. The van der Waals surface area contributed by atoms with Crippen molar-refractivity contribution in [1.82, 2.24) is 8.96 Å². The van der Waals surface area contributed by atoms with Crippen molar-refractivity contribution in [2.24, 2.45) is 0 Å². The molecule has 19 heavy (non-hydrogen) atoms. The Morgan fingerprint density at radius 3 is 2.58 bits per heavy atom. The quantitative estimate of drug-likeness (QED) is 0.800. The van der Waals surface area contributed by atoms with Gasteiger partial charge >= 0.3 is 0 Å². The van der Waals surface area contributed by atoms with E-state index >= 15 is 0 Å². The molecule has 1 fully saturated rings. The van der Waals surface area contributed by atoms with E-state index in [2.05, 4.69) is 42.8 Å². The van der Waals surface area contributed by atoms with E-state index in [9.17, 15) is 4.39 Å². The number of hydrogen-bond acceptors (Lipinski definition) is 1. The molecule has 0 radical (unpaired) electrons. The second kappa shape index (κ2) is 4.23. The molecule has 0 saturated carbocycles. The van der Waals surface area contributed by atoms with Gasteiger partial charge in [-0.3, -0.25) is 3.97 Å². The first-order valence-electron chi connectivity index (χ1n) is 6.91. The average Bonchev–Trinajstić information content (AvgIpc) is 2.75. The third-order valence-corrected chi connectivity index (χ3v) is 10.00. The highest BCUT2D eigenvalue weighted by atomic mass is 32.3. The van der Waals surface area contributed by atoms with Crippen molar-refractivity contribution in [2.45, 2.75) is 49.9 Å². The zero-order valence-electron chi connectivity index (χ0n) is 11.9. The van der Waals surface area contributed by atoms with Gasteiger partial charge in [-0.15, -0.1) is 0 Å². The molecule has 104 valence electrons. The number of halogens is 1. The highest BCUT2D eigenvalue weighted by Crippen LogP contribution is 2.71.